The monoisotopic (exact) mass is 346 g/mol. The van der Waals surface area contributed by atoms with Gasteiger partial charge < -0.3 is 5.32 Å². The molecule has 0 saturated heterocycles. The average molecular weight is 347 g/mol. The zero-order chi connectivity index (χ0) is 14.7. The number of aromatic nitrogens is 1. The summed E-state index contributed by atoms with van der Waals surface area (Å²) >= 11 is 3.58. The van der Waals surface area contributed by atoms with Crippen molar-refractivity contribution in [2.75, 3.05) is 11.9 Å². The second-order valence-electron chi connectivity index (χ2n) is 5.70. The molecule has 1 saturated carbocycles. The van der Waals surface area contributed by atoms with Gasteiger partial charge in [-0.3, -0.25) is 9.78 Å². The Morgan fingerprint density at radius 3 is 2.90 bits per heavy atom. The minimum absolute atomic E-state index is 0.0629. The molecule has 1 heterocycles. The van der Waals surface area contributed by atoms with Gasteiger partial charge in [-0.1, -0.05) is 46.6 Å². The van der Waals surface area contributed by atoms with E-state index in [-0.39, 0.29) is 5.91 Å². The van der Waals surface area contributed by atoms with Crippen LogP contribution in [0.2, 0.25) is 0 Å². The molecule has 110 valence electrons. The molecule has 1 aliphatic rings. The van der Waals surface area contributed by atoms with Crippen LogP contribution in [-0.2, 0) is 0 Å². The number of benzene rings is 1. The molecule has 0 radical (unpaired) electrons. The molecule has 1 amide bonds. The second kappa shape index (κ2) is 6.56. The molecular weight excluding hydrogens is 328 g/mol. The van der Waals surface area contributed by atoms with Crippen LogP contribution in [0.25, 0.3) is 10.8 Å². The van der Waals surface area contributed by atoms with E-state index in [4.69, 9.17) is 0 Å². The smallest absolute Gasteiger partial charge is 0.270 e. The summed E-state index contributed by atoms with van der Waals surface area (Å²) in [6.45, 7) is 0.750. The third-order valence-electron chi connectivity index (χ3n) is 4.43. The highest BCUT2D eigenvalue weighted by atomic mass is 79.9. The maximum absolute atomic E-state index is 12.4. The van der Waals surface area contributed by atoms with E-state index in [2.05, 4.69) is 26.2 Å². The number of carbonyl (C=O) groups is 1. The molecular formula is C17H19BrN2O. The van der Waals surface area contributed by atoms with Crippen molar-refractivity contribution in [3.63, 3.8) is 0 Å². The second-order valence-corrected chi connectivity index (χ2v) is 6.34. The number of nitrogens with zero attached hydrogens (tertiary/aromatic N) is 1. The quantitative estimate of drug-likeness (QED) is 0.856. The maximum Gasteiger partial charge on any atom is 0.270 e. The fourth-order valence-electron chi connectivity index (χ4n) is 3.19. The van der Waals surface area contributed by atoms with E-state index in [1.807, 2.05) is 30.3 Å². The summed E-state index contributed by atoms with van der Waals surface area (Å²) in [7, 11) is 0. The molecule has 0 aliphatic heterocycles. The molecule has 0 bridgehead atoms. The van der Waals surface area contributed by atoms with E-state index in [1.54, 1.807) is 6.20 Å². The summed E-state index contributed by atoms with van der Waals surface area (Å²) in [4.78, 5) is 16.7. The number of fused-ring (bicyclic) bond motifs is 1. The van der Waals surface area contributed by atoms with Gasteiger partial charge in [0.1, 0.15) is 5.69 Å². The van der Waals surface area contributed by atoms with Crippen molar-refractivity contribution in [1.29, 1.82) is 0 Å². The first kappa shape index (κ1) is 14.5. The predicted molar refractivity (Wildman–Crippen MR) is 88.7 cm³/mol. The van der Waals surface area contributed by atoms with Crippen molar-refractivity contribution >= 4 is 32.6 Å². The van der Waals surface area contributed by atoms with Crippen LogP contribution in [0.4, 0.5) is 0 Å². The molecule has 3 rings (SSSR count). The van der Waals surface area contributed by atoms with Crippen LogP contribution >= 0.6 is 15.9 Å². The summed E-state index contributed by atoms with van der Waals surface area (Å²) < 4.78 is 0. The molecule has 1 aromatic heterocycles. The first-order chi connectivity index (χ1) is 10.3. The molecule has 0 spiro atoms. The topological polar surface area (TPSA) is 42.0 Å². The van der Waals surface area contributed by atoms with Crippen LogP contribution in [0.3, 0.4) is 0 Å². The van der Waals surface area contributed by atoms with Crippen molar-refractivity contribution in [3.05, 3.63) is 42.2 Å². The minimum atomic E-state index is -0.0629. The van der Waals surface area contributed by atoms with Crippen LogP contribution in [0, 0.1) is 11.8 Å². The number of amides is 1. The average Bonchev–Trinajstić information content (AvgIpc) is 2.99. The van der Waals surface area contributed by atoms with E-state index < -0.39 is 0 Å². The number of hydrogen-bond donors (Lipinski definition) is 1. The van der Waals surface area contributed by atoms with Crippen LogP contribution < -0.4 is 5.32 Å². The van der Waals surface area contributed by atoms with Crippen LogP contribution in [0.5, 0.6) is 0 Å². The Kier molecular flexibility index (Phi) is 4.54. The van der Waals surface area contributed by atoms with Crippen molar-refractivity contribution in [2.45, 2.75) is 19.3 Å². The number of carbonyl (C=O) groups excluding carboxylic acids is 1. The highest BCUT2D eigenvalue weighted by Gasteiger charge is 2.26. The van der Waals surface area contributed by atoms with Gasteiger partial charge in [-0.2, -0.15) is 0 Å². The molecule has 2 unspecified atom stereocenters. The summed E-state index contributed by atoms with van der Waals surface area (Å²) in [6, 6.07) is 9.81. The minimum Gasteiger partial charge on any atom is -0.350 e. The van der Waals surface area contributed by atoms with Crippen LogP contribution in [0.1, 0.15) is 29.8 Å². The lowest BCUT2D eigenvalue weighted by Gasteiger charge is -2.17. The first-order valence-corrected chi connectivity index (χ1v) is 8.59. The van der Waals surface area contributed by atoms with E-state index >= 15 is 0 Å². The van der Waals surface area contributed by atoms with E-state index in [9.17, 15) is 4.79 Å². The Labute approximate surface area is 133 Å². The molecule has 2 atom stereocenters. The molecule has 2 aromatic rings. The Morgan fingerprint density at radius 2 is 2.05 bits per heavy atom. The van der Waals surface area contributed by atoms with Gasteiger partial charge in [0.05, 0.1) is 0 Å². The number of halogens is 1. The number of alkyl halides is 1. The number of hydrogen-bond acceptors (Lipinski definition) is 2. The largest absolute Gasteiger partial charge is 0.350 e. The Hall–Kier alpha value is -1.42. The van der Waals surface area contributed by atoms with Gasteiger partial charge in [-0.05, 0) is 36.1 Å². The van der Waals surface area contributed by atoms with Crippen molar-refractivity contribution in [2.24, 2.45) is 11.8 Å². The number of rotatable bonds is 4. The number of nitrogens with one attached hydrogen (secondary N) is 1. The molecule has 1 fully saturated rings. The van der Waals surface area contributed by atoms with Gasteiger partial charge in [-0.25, -0.2) is 0 Å². The molecule has 21 heavy (non-hydrogen) atoms. The maximum atomic E-state index is 12.4. The predicted octanol–water partition coefficient (Wildman–Crippen LogP) is 3.78. The molecule has 1 N–H and O–H groups in total. The van der Waals surface area contributed by atoms with Gasteiger partial charge in [-0.15, -0.1) is 0 Å². The summed E-state index contributed by atoms with van der Waals surface area (Å²) in [5.41, 5.74) is 0.529. The van der Waals surface area contributed by atoms with Gasteiger partial charge >= 0.3 is 0 Å². The van der Waals surface area contributed by atoms with Crippen LogP contribution in [-0.4, -0.2) is 22.8 Å². The Balaban J connectivity index is 1.72. The summed E-state index contributed by atoms with van der Waals surface area (Å²) in [6.07, 6.45) is 5.44. The van der Waals surface area contributed by atoms with E-state index in [0.29, 0.717) is 17.5 Å². The fourth-order valence-corrected chi connectivity index (χ4v) is 4.05. The van der Waals surface area contributed by atoms with Crippen molar-refractivity contribution < 1.29 is 4.79 Å². The van der Waals surface area contributed by atoms with E-state index in [0.717, 1.165) is 22.6 Å². The zero-order valence-corrected chi connectivity index (χ0v) is 13.5. The molecule has 1 aromatic carbocycles. The van der Waals surface area contributed by atoms with Gasteiger partial charge in [0.25, 0.3) is 5.91 Å². The normalized spacial score (nSPS) is 21.6. The highest BCUT2D eigenvalue weighted by molar-refractivity contribution is 9.09. The summed E-state index contributed by atoms with van der Waals surface area (Å²) in [5, 5.41) is 6.07. The lowest BCUT2D eigenvalue weighted by Crippen LogP contribution is -2.31. The van der Waals surface area contributed by atoms with Crippen LogP contribution in [0.15, 0.2) is 36.5 Å². The highest BCUT2D eigenvalue weighted by Crippen LogP contribution is 2.32. The molecule has 4 heteroatoms. The lowest BCUT2D eigenvalue weighted by molar-refractivity contribution is 0.0941. The van der Waals surface area contributed by atoms with Crippen molar-refractivity contribution in [1.82, 2.24) is 10.3 Å². The SMILES string of the molecule is O=C(NCC1CCCC1CBr)c1nccc2ccccc12. The number of pyridine rings is 1. The van der Waals surface area contributed by atoms with E-state index in [1.165, 1.54) is 19.3 Å². The zero-order valence-electron chi connectivity index (χ0n) is 11.9. The third-order valence-corrected chi connectivity index (χ3v) is 5.26. The third kappa shape index (κ3) is 3.10. The van der Waals surface area contributed by atoms with Gasteiger partial charge in [0.2, 0.25) is 0 Å². The van der Waals surface area contributed by atoms with Crippen molar-refractivity contribution in [3.8, 4) is 0 Å². The Bertz CT molecular complexity index is 638. The van der Waals surface area contributed by atoms with Gasteiger partial charge in [0.15, 0.2) is 0 Å². The lowest BCUT2D eigenvalue weighted by atomic mass is 9.98. The Morgan fingerprint density at radius 1 is 1.24 bits per heavy atom. The molecule has 3 nitrogen and oxygen atoms in total. The molecule has 1 aliphatic carbocycles. The summed E-state index contributed by atoms with van der Waals surface area (Å²) in [5.74, 6) is 1.21. The first-order valence-electron chi connectivity index (χ1n) is 7.47. The van der Waals surface area contributed by atoms with Gasteiger partial charge in [0, 0.05) is 23.5 Å². The standard InChI is InChI=1S/C17H19BrN2O/c18-10-13-5-3-6-14(13)11-20-17(21)16-15-7-2-1-4-12(15)8-9-19-16/h1-2,4,7-9,13-14H,3,5-6,10-11H2,(H,20,21). The fraction of sp³-hybridized carbons (Fsp3) is 0.412.